The summed E-state index contributed by atoms with van der Waals surface area (Å²) in [7, 11) is 0. The van der Waals surface area contributed by atoms with E-state index in [1.807, 2.05) is 6.07 Å². The third-order valence-electron chi connectivity index (χ3n) is 3.46. The topological polar surface area (TPSA) is 99.2 Å². The van der Waals surface area contributed by atoms with Crippen molar-refractivity contribution in [2.75, 3.05) is 12.4 Å². The molecule has 0 saturated carbocycles. The van der Waals surface area contributed by atoms with Gasteiger partial charge in [-0.1, -0.05) is 0 Å². The number of likely N-dealkylation sites (tertiary alicyclic amines) is 1. The van der Waals surface area contributed by atoms with Gasteiger partial charge in [0.05, 0.1) is 24.5 Å². The van der Waals surface area contributed by atoms with Gasteiger partial charge in [-0.3, -0.25) is 9.59 Å². The van der Waals surface area contributed by atoms with Crippen molar-refractivity contribution < 1.29 is 14.0 Å². The molecule has 1 aliphatic rings. The Hall–Kier alpha value is -1.33. The molecule has 1 fully saturated rings. The first kappa shape index (κ1) is 17.7. The van der Waals surface area contributed by atoms with E-state index in [-0.39, 0.29) is 18.9 Å². The predicted molar refractivity (Wildman–Crippen MR) is 79.0 cm³/mol. The molecule has 0 spiro atoms. The normalized spacial score (nSPS) is 23.5. The van der Waals surface area contributed by atoms with Gasteiger partial charge in [-0.05, 0) is 13.8 Å². The van der Waals surface area contributed by atoms with Gasteiger partial charge in [-0.2, -0.15) is 5.26 Å². The smallest absolute Gasteiger partial charge is 0.242 e. The van der Waals surface area contributed by atoms with Crippen LogP contribution in [0, 0.1) is 11.3 Å². The molecule has 0 unspecified atom stereocenters. The monoisotopic (exact) mass is 316 g/mol. The first-order valence-electron chi connectivity index (χ1n) is 6.67. The summed E-state index contributed by atoms with van der Waals surface area (Å²) in [6, 6.07) is 0.303. The van der Waals surface area contributed by atoms with Crippen LogP contribution in [0.1, 0.15) is 27.2 Å². The summed E-state index contributed by atoms with van der Waals surface area (Å²) in [6.07, 6.45) is -1.14. The minimum atomic E-state index is -1.18. The summed E-state index contributed by atoms with van der Waals surface area (Å²) in [5.41, 5.74) is 6.00. The minimum Gasteiger partial charge on any atom is -0.347 e. The third-order valence-corrected chi connectivity index (χ3v) is 4.75. The van der Waals surface area contributed by atoms with Crippen molar-refractivity contribution in [3.8, 4) is 6.07 Å². The fraction of sp³-hybridized carbons (Fsp3) is 0.769. The fourth-order valence-corrected chi connectivity index (χ4v) is 2.97. The number of hydrogen-bond acceptors (Lipinski definition) is 5. The second-order valence-electron chi connectivity index (χ2n) is 5.57. The van der Waals surface area contributed by atoms with E-state index in [9.17, 15) is 14.0 Å². The van der Waals surface area contributed by atoms with Crippen LogP contribution in [0.2, 0.25) is 0 Å². The highest BCUT2D eigenvalue weighted by Gasteiger charge is 2.42. The Kier molecular flexibility index (Phi) is 5.98. The second-order valence-corrected chi connectivity index (χ2v) is 7.20. The maximum Gasteiger partial charge on any atom is 0.242 e. The number of amides is 2. The SMILES string of the molecule is CC(=O)NCSC(C)(C)[C@H](N)C(=O)N1C[C@@H](F)C[C@H]1C#N. The minimum absolute atomic E-state index is 0.0361. The molecule has 21 heavy (non-hydrogen) atoms. The average molecular weight is 316 g/mol. The van der Waals surface area contributed by atoms with Crippen LogP contribution in [0.15, 0.2) is 0 Å². The number of nitrogens with zero attached hydrogens (tertiary/aromatic N) is 2. The van der Waals surface area contributed by atoms with Crippen LogP contribution >= 0.6 is 11.8 Å². The molecule has 0 bridgehead atoms. The Morgan fingerprint density at radius 3 is 2.76 bits per heavy atom. The van der Waals surface area contributed by atoms with Gasteiger partial charge >= 0.3 is 0 Å². The lowest BCUT2D eigenvalue weighted by Crippen LogP contribution is -2.54. The number of halogens is 1. The van der Waals surface area contributed by atoms with Gasteiger partial charge in [0.1, 0.15) is 12.2 Å². The number of carbonyl (C=O) groups is 2. The van der Waals surface area contributed by atoms with Crippen molar-refractivity contribution in [2.45, 2.75) is 50.2 Å². The van der Waals surface area contributed by atoms with Crippen LogP contribution in [-0.2, 0) is 9.59 Å². The second kappa shape index (κ2) is 7.09. The molecule has 6 nitrogen and oxygen atoms in total. The van der Waals surface area contributed by atoms with E-state index in [1.165, 1.54) is 23.6 Å². The molecule has 8 heteroatoms. The van der Waals surface area contributed by atoms with Crippen LogP contribution in [0.4, 0.5) is 4.39 Å². The van der Waals surface area contributed by atoms with E-state index in [1.54, 1.807) is 13.8 Å². The third kappa shape index (κ3) is 4.58. The Balaban J connectivity index is 2.68. The van der Waals surface area contributed by atoms with Crippen molar-refractivity contribution >= 4 is 23.6 Å². The number of alkyl halides is 1. The van der Waals surface area contributed by atoms with E-state index < -0.39 is 28.9 Å². The van der Waals surface area contributed by atoms with Crippen LogP contribution in [0.25, 0.3) is 0 Å². The molecule has 118 valence electrons. The quantitative estimate of drug-likeness (QED) is 0.715. The first-order valence-corrected chi connectivity index (χ1v) is 7.65. The van der Waals surface area contributed by atoms with Gasteiger partial charge in [0, 0.05) is 18.1 Å². The summed E-state index contributed by atoms with van der Waals surface area (Å²) in [4.78, 5) is 24.5. The van der Waals surface area contributed by atoms with Crippen LogP contribution in [-0.4, -0.2) is 52.1 Å². The van der Waals surface area contributed by atoms with Gasteiger partial charge < -0.3 is 16.0 Å². The summed E-state index contributed by atoms with van der Waals surface area (Å²) in [5, 5.41) is 11.6. The first-order chi connectivity index (χ1) is 9.69. The van der Waals surface area contributed by atoms with Crippen molar-refractivity contribution in [3.63, 3.8) is 0 Å². The van der Waals surface area contributed by atoms with Gasteiger partial charge in [0.2, 0.25) is 11.8 Å². The number of carbonyl (C=O) groups excluding carboxylic acids is 2. The van der Waals surface area contributed by atoms with Crippen molar-refractivity contribution in [1.29, 1.82) is 5.26 Å². The van der Waals surface area contributed by atoms with Crippen molar-refractivity contribution in [2.24, 2.45) is 5.73 Å². The highest BCUT2D eigenvalue weighted by Crippen LogP contribution is 2.29. The molecule has 0 aromatic carbocycles. The van der Waals surface area contributed by atoms with Gasteiger partial charge in [0.15, 0.2) is 0 Å². The maximum absolute atomic E-state index is 13.4. The molecule has 0 aromatic heterocycles. The number of nitrogens with two attached hydrogens (primary N) is 1. The highest BCUT2D eigenvalue weighted by atomic mass is 32.2. The Morgan fingerprint density at radius 1 is 1.62 bits per heavy atom. The molecule has 1 aliphatic heterocycles. The zero-order chi connectivity index (χ0) is 16.2. The van der Waals surface area contributed by atoms with Gasteiger partial charge in [-0.15, -0.1) is 11.8 Å². The van der Waals surface area contributed by atoms with Gasteiger partial charge in [-0.25, -0.2) is 4.39 Å². The van der Waals surface area contributed by atoms with Crippen LogP contribution in [0.3, 0.4) is 0 Å². The molecule has 1 rings (SSSR count). The van der Waals surface area contributed by atoms with E-state index in [0.717, 1.165) is 0 Å². The summed E-state index contributed by atoms with van der Waals surface area (Å²) >= 11 is 1.33. The predicted octanol–water partition coefficient (Wildman–Crippen LogP) is 0.382. The number of thioether (sulfide) groups is 1. The largest absolute Gasteiger partial charge is 0.347 e. The lowest BCUT2D eigenvalue weighted by atomic mass is 10.0. The van der Waals surface area contributed by atoms with Crippen molar-refractivity contribution in [1.82, 2.24) is 10.2 Å². The van der Waals surface area contributed by atoms with Crippen LogP contribution in [0.5, 0.6) is 0 Å². The van der Waals surface area contributed by atoms with Crippen molar-refractivity contribution in [3.05, 3.63) is 0 Å². The van der Waals surface area contributed by atoms with Crippen LogP contribution < -0.4 is 11.1 Å². The highest BCUT2D eigenvalue weighted by molar-refractivity contribution is 8.00. The molecule has 1 saturated heterocycles. The molecular weight excluding hydrogens is 295 g/mol. The summed E-state index contributed by atoms with van der Waals surface area (Å²) < 4.78 is 12.7. The molecule has 0 aromatic rings. The van der Waals surface area contributed by atoms with E-state index in [4.69, 9.17) is 11.0 Å². The number of rotatable bonds is 5. The molecular formula is C13H21FN4O2S. The molecule has 0 radical (unpaired) electrons. The Labute approximate surface area is 128 Å². The fourth-order valence-electron chi connectivity index (χ4n) is 2.04. The lowest BCUT2D eigenvalue weighted by molar-refractivity contribution is -0.133. The molecule has 3 atom stereocenters. The number of hydrogen-bond donors (Lipinski definition) is 2. The molecule has 1 heterocycles. The Bertz CT molecular complexity index is 452. The van der Waals surface area contributed by atoms with E-state index in [0.29, 0.717) is 5.88 Å². The molecule has 2 amide bonds. The van der Waals surface area contributed by atoms with E-state index >= 15 is 0 Å². The zero-order valence-electron chi connectivity index (χ0n) is 12.4. The average Bonchev–Trinajstić information content (AvgIpc) is 2.77. The summed E-state index contributed by atoms with van der Waals surface area (Å²) in [5.74, 6) is -0.263. The maximum atomic E-state index is 13.4. The zero-order valence-corrected chi connectivity index (χ0v) is 13.2. The Morgan fingerprint density at radius 2 is 2.24 bits per heavy atom. The summed E-state index contributed by atoms with van der Waals surface area (Å²) in [6.45, 7) is 4.89. The number of nitrogens with one attached hydrogen (secondary N) is 1. The van der Waals surface area contributed by atoms with E-state index in [2.05, 4.69) is 5.32 Å². The van der Waals surface area contributed by atoms with Gasteiger partial charge in [0.25, 0.3) is 0 Å². The number of nitriles is 1. The molecule has 0 aliphatic carbocycles. The lowest BCUT2D eigenvalue weighted by Gasteiger charge is -2.33. The molecule has 3 N–H and O–H groups in total. The standard InChI is InChI=1S/C13H21FN4O2S/c1-8(19)17-7-21-13(2,3)11(16)12(20)18-6-9(14)4-10(18)5-15/h9-11H,4,6-7,16H2,1-3H3,(H,17,19)/t9-,10-,11+/m0/s1.